The highest BCUT2D eigenvalue weighted by Gasteiger charge is 2.11. The van der Waals surface area contributed by atoms with E-state index in [1.165, 1.54) is 0 Å². The number of aromatic nitrogens is 1. The van der Waals surface area contributed by atoms with Crippen LogP contribution in [0.2, 0.25) is 0 Å². The van der Waals surface area contributed by atoms with Gasteiger partial charge in [0.15, 0.2) is 0 Å². The highest BCUT2D eigenvalue weighted by Crippen LogP contribution is 2.26. The van der Waals surface area contributed by atoms with Gasteiger partial charge in [-0.15, -0.1) is 0 Å². The fraction of sp³-hybridized carbons (Fsp3) is 0. The standard InChI is InChI=1S/C14H9NO2/c16-14(17)11-6-3-7-12-13(11)10-5-2-1-4-9(10)8-15-12/h1-8H,(H,16,17). The van der Waals surface area contributed by atoms with E-state index in [9.17, 15) is 9.90 Å². The molecule has 0 saturated heterocycles. The van der Waals surface area contributed by atoms with Gasteiger partial charge in [-0.3, -0.25) is 4.98 Å². The number of fused-ring (bicyclic) bond motifs is 3. The second kappa shape index (κ2) is 3.56. The normalized spacial score (nSPS) is 10.8. The van der Waals surface area contributed by atoms with Crippen molar-refractivity contribution in [2.75, 3.05) is 0 Å². The predicted molar refractivity (Wildman–Crippen MR) is 66.2 cm³/mol. The number of hydrogen-bond donors (Lipinski definition) is 1. The van der Waals surface area contributed by atoms with E-state index in [0.717, 1.165) is 10.8 Å². The van der Waals surface area contributed by atoms with Crippen LogP contribution >= 0.6 is 0 Å². The zero-order valence-corrected chi connectivity index (χ0v) is 8.92. The van der Waals surface area contributed by atoms with Crippen LogP contribution in [-0.2, 0) is 0 Å². The highest BCUT2D eigenvalue weighted by molar-refractivity contribution is 6.14. The molecule has 0 fully saturated rings. The Kier molecular flexibility index (Phi) is 2.05. The minimum absolute atomic E-state index is 0.298. The number of hydrogen-bond acceptors (Lipinski definition) is 2. The first-order valence-corrected chi connectivity index (χ1v) is 5.27. The lowest BCUT2D eigenvalue weighted by Crippen LogP contribution is -1.98. The second-order valence-electron chi connectivity index (χ2n) is 3.85. The van der Waals surface area contributed by atoms with Crippen molar-refractivity contribution in [3.8, 4) is 0 Å². The first kappa shape index (κ1) is 9.78. The van der Waals surface area contributed by atoms with Gasteiger partial charge in [-0.05, 0) is 17.5 Å². The summed E-state index contributed by atoms with van der Waals surface area (Å²) in [7, 11) is 0. The van der Waals surface area contributed by atoms with Crippen LogP contribution in [0, 0.1) is 0 Å². The number of carbonyl (C=O) groups is 1. The quantitative estimate of drug-likeness (QED) is 0.645. The number of aromatic carboxylic acids is 1. The van der Waals surface area contributed by atoms with Crippen LogP contribution < -0.4 is 0 Å². The van der Waals surface area contributed by atoms with Crippen molar-refractivity contribution in [3.05, 3.63) is 54.2 Å². The zero-order valence-electron chi connectivity index (χ0n) is 8.92. The molecule has 3 aromatic rings. The molecule has 0 spiro atoms. The third-order valence-corrected chi connectivity index (χ3v) is 2.85. The molecule has 1 N–H and O–H groups in total. The molecule has 0 amide bonds. The van der Waals surface area contributed by atoms with Crippen molar-refractivity contribution in [1.29, 1.82) is 0 Å². The lowest BCUT2D eigenvalue weighted by molar-refractivity contribution is 0.0699. The first-order valence-electron chi connectivity index (χ1n) is 5.27. The summed E-state index contributed by atoms with van der Waals surface area (Å²) in [6.07, 6.45) is 1.77. The van der Waals surface area contributed by atoms with Crippen molar-refractivity contribution in [1.82, 2.24) is 4.98 Å². The van der Waals surface area contributed by atoms with Gasteiger partial charge in [0.05, 0.1) is 11.1 Å². The summed E-state index contributed by atoms with van der Waals surface area (Å²) in [6, 6.07) is 12.8. The van der Waals surface area contributed by atoms with Crippen LogP contribution in [0.25, 0.3) is 21.7 Å². The van der Waals surface area contributed by atoms with Crippen molar-refractivity contribution in [2.45, 2.75) is 0 Å². The molecular weight excluding hydrogens is 214 g/mol. The molecule has 0 unspecified atom stereocenters. The Morgan fingerprint density at radius 2 is 1.88 bits per heavy atom. The monoisotopic (exact) mass is 223 g/mol. The summed E-state index contributed by atoms with van der Waals surface area (Å²) in [5.41, 5.74) is 1.01. The molecule has 1 aromatic heterocycles. The third-order valence-electron chi connectivity index (χ3n) is 2.85. The summed E-state index contributed by atoms with van der Waals surface area (Å²) in [5.74, 6) is -0.922. The minimum Gasteiger partial charge on any atom is -0.478 e. The van der Waals surface area contributed by atoms with Crippen LogP contribution in [0.4, 0.5) is 0 Å². The maximum Gasteiger partial charge on any atom is 0.336 e. The number of rotatable bonds is 1. The molecular formula is C14H9NO2. The molecule has 3 rings (SSSR count). The molecule has 0 radical (unpaired) electrons. The van der Waals surface area contributed by atoms with E-state index in [4.69, 9.17) is 0 Å². The van der Waals surface area contributed by atoms with Gasteiger partial charge in [-0.1, -0.05) is 30.3 Å². The fourth-order valence-corrected chi connectivity index (χ4v) is 2.09. The third kappa shape index (κ3) is 1.44. The van der Waals surface area contributed by atoms with E-state index in [1.807, 2.05) is 30.3 Å². The van der Waals surface area contributed by atoms with E-state index in [-0.39, 0.29) is 0 Å². The van der Waals surface area contributed by atoms with Gasteiger partial charge in [0.2, 0.25) is 0 Å². The molecule has 82 valence electrons. The maximum atomic E-state index is 11.2. The van der Waals surface area contributed by atoms with Crippen LogP contribution in [0.5, 0.6) is 0 Å². The zero-order chi connectivity index (χ0) is 11.8. The number of carboxylic acid groups (broad SMARTS) is 1. The van der Waals surface area contributed by atoms with E-state index >= 15 is 0 Å². The molecule has 17 heavy (non-hydrogen) atoms. The molecule has 3 heteroatoms. The SMILES string of the molecule is O=C(O)c1cccc2ncc3ccccc3c12. The molecule has 0 atom stereocenters. The van der Waals surface area contributed by atoms with Gasteiger partial charge >= 0.3 is 5.97 Å². The lowest BCUT2D eigenvalue weighted by Gasteiger charge is -2.05. The Hall–Kier alpha value is -2.42. The Morgan fingerprint density at radius 3 is 2.71 bits per heavy atom. The number of benzene rings is 2. The van der Waals surface area contributed by atoms with Gasteiger partial charge in [-0.25, -0.2) is 4.79 Å². The van der Waals surface area contributed by atoms with Crippen LogP contribution in [0.15, 0.2) is 48.7 Å². The summed E-state index contributed by atoms with van der Waals surface area (Å²) in [4.78, 5) is 15.5. The van der Waals surface area contributed by atoms with Crippen LogP contribution in [-0.4, -0.2) is 16.1 Å². The number of carboxylic acids is 1. The van der Waals surface area contributed by atoms with Gasteiger partial charge in [0, 0.05) is 17.0 Å². The van der Waals surface area contributed by atoms with E-state index in [1.54, 1.807) is 18.3 Å². The topological polar surface area (TPSA) is 50.2 Å². The van der Waals surface area contributed by atoms with Crippen LogP contribution in [0.1, 0.15) is 10.4 Å². The maximum absolute atomic E-state index is 11.2. The largest absolute Gasteiger partial charge is 0.478 e. The summed E-state index contributed by atoms with van der Waals surface area (Å²) in [5, 5.41) is 11.8. The predicted octanol–water partition coefficient (Wildman–Crippen LogP) is 3.09. The summed E-state index contributed by atoms with van der Waals surface area (Å²) in [6.45, 7) is 0. The molecule has 0 saturated carbocycles. The average molecular weight is 223 g/mol. The highest BCUT2D eigenvalue weighted by atomic mass is 16.4. The van der Waals surface area contributed by atoms with Gasteiger partial charge in [0.1, 0.15) is 0 Å². The van der Waals surface area contributed by atoms with Crippen LogP contribution in [0.3, 0.4) is 0 Å². The Balaban J connectivity index is 2.59. The summed E-state index contributed by atoms with van der Waals surface area (Å²) >= 11 is 0. The van der Waals surface area contributed by atoms with E-state index in [0.29, 0.717) is 16.5 Å². The Labute approximate surface area is 97.3 Å². The molecule has 2 aromatic carbocycles. The second-order valence-corrected chi connectivity index (χ2v) is 3.85. The van der Waals surface area contributed by atoms with Gasteiger partial charge < -0.3 is 5.11 Å². The van der Waals surface area contributed by atoms with E-state index < -0.39 is 5.97 Å². The molecule has 0 aliphatic rings. The molecule has 3 nitrogen and oxygen atoms in total. The van der Waals surface area contributed by atoms with E-state index in [2.05, 4.69) is 4.98 Å². The van der Waals surface area contributed by atoms with Gasteiger partial charge in [0.25, 0.3) is 0 Å². The van der Waals surface area contributed by atoms with Crippen molar-refractivity contribution in [2.24, 2.45) is 0 Å². The van der Waals surface area contributed by atoms with Gasteiger partial charge in [-0.2, -0.15) is 0 Å². The Morgan fingerprint density at radius 1 is 1.06 bits per heavy atom. The Bertz CT molecular complexity index is 734. The first-order chi connectivity index (χ1) is 8.27. The molecule has 0 bridgehead atoms. The number of pyridine rings is 1. The van der Waals surface area contributed by atoms with Crippen molar-refractivity contribution < 1.29 is 9.90 Å². The summed E-state index contributed by atoms with van der Waals surface area (Å²) < 4.78 is 0. The molecule has 0 aliphatic carbocycles. The number of nitrogens with zero attached hydrogens (tertiary/aromatic N) is 1. The smallest absolute Gasteiger partial charge is 0.336 e. The molecule has 1 heterocycles. The average Bonchev–Trinajstić information content (AvgIpc) is 2.37. The van der Waals surface area contributed by atoms with Crippen molar-refractivity contribution in [3.63, 3.8) is 0 Å². The fourth-order valence-electron chi connectivity index (χ4n) is 2.09. The molecule has 0 aliphatic heterocycles. The minimum atomic E-state index is -0.922. The lowest BCUT2D eigenvalue weighted by atomic mass is 10.0. The van der Waals surface area contributed by atoms with Crippen molar-refractivity contribution >= 4 is 27.6 Å².